The molecule has 1 amide bonds. The Morgan fingerprint density at radius 3 is 2.43 bits per heavy atom. The number of fused-ring (bicyclic) bond motifs is 1. The van der Waals surface area contributed by atoms with E-state index in [-0.39, 0.29) is 18.0 Å². The smallest absolute Gasteiger partial charge is 0.268 e. The Bertz CT molecular complexity index is 1140. The molecule has 1 aromatic heterocycles. The molecule has 0 bridgehead atoms. The van der Waals surface area contributed by atoms with Crippen molar-refractivity contribution >= 4 is 16.8 Å². The molecule has 0 saturated heterocycles. The molecule has 0 unspecified atom stereocenters. The molecule has 140 valence electrons. The molecule has 0 atom stereocenters. The second-order valence-corrected chi connectivity index (χ2v) is 6.58. The number of carbonyl (C=O) groups is 1. The Hall–Kier alpha value is -3.47. The largest absolute Gasteiger partial charge is 0.347 e. The van der Waals surface area contributed by atoms with Crippen LogP contribution in [-0.4, -0.2) is 10.5 Å². The molecule has 28 heavy (non-hydrogen) atoms. The number of nitrogens with zero attached hydrogens (tertiary/aromatic N) is 1. The summed E-state index contributed by atoms with van der Waals surface area (Å²) in [6.45, 7) is 0.528. The van der Waals surface area contributed by atoms with E-state index in [2.05, 4.69) is 5.32 Å². The maximum absolute atomic E-state index is 13.8. The first kappa shape index (κ1) is 17.9. The summed E-state index contributed by atoms with van der Waals surface area (Å²) in [6.07, 6.45) is 0. The van der Waals surface area contributed by atoms with Crippen molar-refractivity contribution in [3.63, 3.8) is 0 Å². The predicted octanol–water partition coefficient (Wildman–Crippen LogP) is 4.90. The van der Waals surface area contributed by atoms with Crippen molar-refractivity contribution in [3.8, 4) is 0 Å². The fourth-order valence-electron chi connectivity index (χ4n) is 3.27. The summed E-state index contributed by atoms with van der Waals surface area (Å²) in [4.78, 5) is 12.8. The maximum atomic E-state index is 13.8. The molecule has 4 rings (SSSR count). The molecule has 5 heteroatoms. The highest BCUT2D eigenvalue weighted by atomic mass is 19.1. The summed E-state index contributed by atoms with van der Waals surface area (Å²) < 4.78 is 28.8. The number of amides is 1. The molecule has 0 spiro atoms. The van der Waals surface area contributed by atoms with Gasteiger partial charge in [0.25, 0.3) is 5.91 Å². The number of halogens is 2. The van der Waals surface area contributed by atoms with Crippen molar-refractivity contribution in [1.29, 1.82) is 0 Å². The van der Waals surface area contributed by atoms with Gasteiger partial charge >= 0.3 is 0 Å². The third kappa shape index (κ3) is 3.64. The van der Waals surface area contributed by atoms with Gasteiger partial charge in [0.05, 0.1) is 0 Å². The van der Waals surface area contributed by atoms with Gasteiger partial charge in [0.15, 0.2) is 0 Å². The van der Waals surface area contributed by atoms with Crippen molar-refractivity contribution in [2.45, 2.75) is 13.1 Å². The zero-order valence-electron chi connectivity index (χ0n) is 15.0. The molecule has 0 radical (unpaired) electrons. The summed E-state index contributed by atoms with van der Waals surface area (Å²) in [7, 11) is 0. The Kier molecular flexibility index (Phi) is 4.89. The number of hydrogen-bond donors (Lipinski definition) is 1. The van der Waals surface area contributed by atoms with E-state index >= 15 is 0 Å². The van der Waals surface area contributed by atoms with Gasteiger partial charge in [-0.25, -0.2) is 8.78 Å². The third-order valence-corrected chi connectivity index (χ3v) is 4.68. The van der Waals surface area contributed by atoms with Crippen LogP contribution in [0.5, 0.6) is 0 Å². The van der Waals surface area contributed by atoms with Gasteiger partial charge in [0, 0.05) is 35.6 Å². The van der Waals surface area contributed by atoms with E-state index in [0.717, 1.165) is 22.5 Å². The molecular formula is C23H18F2N2O. The Morgan fingerprint density at radius 1 is 0.893 bits per heavy atom. The van der Waals surface area contributed by atoms with Gasteiger partial charge in [-0.3, -0.25) is 4.79 Å². The van der Waals surface area contributed by atoms with Gasteiger partial charge in [-0.15, -0.1) is 0 Å². The standard InChI is InChI=1S/C23H18F2N2O/c24-19-11-10-18(20(25)13-19)14-26-23(28)22-12-17-8-4-5-9-21(17)27(22)15-16-6-2-1-3-7-16/h1-13H,14-15H2,(H,26,28). The molecule has 0 aliphatic heterocycles. The monoisotopic (exact) mass is 376 g/mol. The quantitative estimate of drug-likeness (QED) is 0.528. The molecule has 0 saturated carbocycles. The summed E-state index contributed by atoms with van der Waals surface area (Å²) in [5, 5.41) is 3.70. The first-order valence-corrected chi connectivity index (χ1v) is 8.96. The van der Waals surface area contributed by atoms with Crippen LogP contribution in [0.15, 0.2) is 78.9 Å². The Labute approximate surface area is 161 Å². The van der Waals surface area contributed by atoms with Crippen LogP contribution >= 0.6 is 0 Å². The van der Waals surface area contributed by atoms with E-state index < -0.39 is 11.6 Å². The highest BCUT2D eigenvalue weighted by Crippen LogP contribution is 2.21. The molecule has 0 aliphatic carbocycles. The van der Waals surface area contributed by atoms with Gasteiger partial charge in [0.1, 0.15) is 17.3 Å². The Balaban J connectivity index is 1.63. The van der Waals surface area contributed by atoms with Crippen LogP contribution in [0.25, 0.3) is 10.9 Å². The molecule has 3 nitrogen and oxygen atoms in total. The second kappa shape index (κ2) is 7.64. The minimum Gasteiger partial charge on any atom is -0.347 e. The Morgan fingerprint density at radius 2 is 1.64 bits per heavy atom. The molecule has 1 N–H and O–H groups in total. The van der Waals surface area contributed by atoms with E-state index in [9.17, 15) is 13.6 Å². The lowest BCUT2D eigenvalue weighted by Crippen LogP contribution is -2.26. The van der Waals surface area contributed by atoms with Crippen LogP contribution < -0.4 is 5.32 Å². The third-order valence-electron chi connectivity index (χ3n) is 4.68. The first-order valence-electron chi connectivity index (χ1n) is 8.96. The van der Waals surface area contributed by atoms with Crippen LogP contribution in [0.3, 0.4) is 0 Å². The van der Waals surface area contributed by atoms with Crippen molar-refractivity contribution in [3.05, 3.63) is 107 Å². The summed E-state index contributed by atoms with van der Waals surface area (Å²) in [5.41, 5.74) is 2.75. The number of hydrogen-bond acceptors (Lipinski definition) is 1. The molecular weight excluding hydrogens is 358 g/mol. The highest BCUT2D eigenvalue weighted by Gasteiger charge is 2.16. The van der Waals surface area contributed by atoms with Crippen LogP contribution in [0.2, 0.25) is 0 Å². The van der Waals surface area contributed by atoms with Crippen molar-refractivity contribution in [1.82, 2.24) is 9.88 Å². The number of benzene rings is 3. The van der Waals surface area contributed by atoms with Gasteiger partial charge < -0.3 is 9.88 Å². The van der Waals surface area contributed by atoms with Crippen LogP contribution in [-0.2, 0) is 13.1 Å². The number of nitrogens with one attached hydrogen (secondary N) is 1. The zero-order valence-corrected chi connectivity index (χ0v) is 15.0. The van der Waals surface area contributed by atoms with Crippen molar-refractivity contribution in [2.75, 3.05) is 0 Å². The average molecular weight is 376 g/mol. The normalized spacial score (nSPS) is 10.9. The van der Waals surface area contributed by atoms with Crippen LogP contribution in [0.1, 0.15) is 21.6 Å². The lowest BCUT2D eigenvalue weighted by atomic mass is 10.2. The summed E-state index contributed by atoms with van der Waals surface area (Å²) in [5.74, 6) is -1.63. The van der Waals surface area contributed by atoms with Crippen molar-refractivity contribution in [2.24, 2.45) is 0 Å². The molecule has 0 fully saturated rings. The topological polar surface area (TPSA) is 34.0 Å². The van der Waals surface area contributed by atoms with E-state index in [4.69, 9.17) is 0 Å². The highest BCUT2D eigenvalue weighted by molar-refractivity contribution is 5.98. The summed E-state index contributed by atoms with van der Waals surface area (Å²) >= 11 is 0. The molecule has 3 aromatic carbocycles. The molecule has 0 aliphatic rings. The number of aromatic nitrogens is 1. The van der Waals surface area contributed by atoms with E-state index in [1.165, 1.54) is 12.1 Å². The number of carbonyl (C=O) groups excluding carboxylic acids is 1. The van der Waals surface area contributed by atoms with Gasteiger partial charge in [-0.05, 0) is 23.8 Å². The minimum absolute atomic E-state index is 0.0161. The first-order chi connectivity index (χ1) is 13.6. The molecule has 1 heterocycles. The molecule has 4 aromatic rings. The van der Waals surface area contributed by atoms with Crippen molar-refractivity contribution < 1.29 is 13.6 Å². The fourth-order valence-corrected chi connectivity index (χ4v) is 3.27. The SMILES string of the molecule is O=C(NCc1ccc(F)cc1F)c1cc2ccccc2n1Cc1ccccc1. The van der Waals surface area contributed by atoms with Gasteiger partial charge in [-0.1, -0.05) is 54.6 Å². The zero-order chi connectivity index (χ0) is 19.5. The summed E-state index contributed by atoms with van der Waals surface area (Å²) in [6, 6.07) is 22.8. The number of para-hydroxylation sites is 1. The van der Waals surface area contributed by atoms with Gasteiger partial charge in [0.2, 0.25) is 0 Å². The van der Waals surface area contributed by atoms with Gasteiger partial charge in [-0.2, -0.15) is 0 Å². The van der Waals surface area contributed by atoms with E-state index in [1.807, 2.05) is 65.2 Å². The maximum Gasteiger partial charge on any atom is 0.268 e. The lowest BCUT2D eigenvalue weighted by Gasteiger charge is -2.12. The van der Waals surface area contributed by atoms with E-state index in [0.29, 0.717) is 12.2 Å². The van der Waals surface area contributed by atoms with Crippen LogP contribution in [0.4, 0.5) is 8.78 Å². The second-order valence-electron chi connectivity index (χ2n) is 6.58. The lowest BCUT2D eigenvalue weighted by molar-refractivity contribution is 0.0942. The average Bonchev–Trinajstić information content (AvgIpc) is 3.06. The van der Waals surface area contributed by atoms with E-state index in [1.54, 1.807) is 0 Å². The predicted molar refractivity (Wildman–Crippen MR) is 105 cm³/mol. The fraction of sp³-hybridized carbons (Fsp3) is 0.0870. The minimum atomic E-state index is -0.676. The number of rotatable bonds is 5. The van der Waals surface area contributed by atoms with Crippen LogP contribution in [0, 0.1) is 11.6 Å².